The van der Waals surface area contributed by atoms with Crippen LogP contribution in [-0.2, 0) is 13.2 Å². The van der Waals surface area contributed by atoms with Gasteiger partial charge in [-0.25, -0.2) is 8.78 Å². The Morgan fingerprint density at radius 1 is 0.966 bits per heavy atom. The Morgan fingerprint density at radius 2 is 1.69 bits per heavy atom. The first kappa shape index (κ1) is 21.4. The molecule has 0 aliphatic heterocycles. The Morgan fingerprint density at radius 3 is 2.38 bits per heavy atom. The zero-order valence-corrected chi connectivity index (χ0v) is 18.0. The van der Waals surface area contributed by atoms with E-state index in [1.807, 2.05) is 19.1 Å². The fourth-order valence-corrected chi connectivity index (χ4v) is 3.28. The van der Waals surface area contributed by atoms with E-state index in [2.05, 4.69) is 21.2 Å². The first-order chi connectivity index (χ1) is 14.0. The minimum absolute atomic E-state index is 0.0635. The average Bonchev–Trinajstić information content (AvgIpc) is 2.70. The molecule has 0 spiro atoms. The van der Waals surface area contributed by atoms with Crippen LogP contribution in [0.5, 0.6) is 11.5 Å². The zero-order valence-electron chi connectivity index (χ0n) is 15.6. The number of ether oxygens (including phenoxy) is 2. The van der Waals surface area contributed by atoms with Gasteiger partial charge in [-0.15, -0.1) is 0 Å². The molecular weight excluding hydrogens is 464 g/mol. The molecule has 0 radical (unpaired) electrons. The second kappa shape index (κ2) is 9.94. The summed E-state index contributed by atoms with van der Waals surface area (Å²) < 4.78 is 38.8. The molecule has 3 nitrogen and oxygen atoms in total. The van der Waals surface area contributed by atoms with Crippen LogP contribution in [0.3, 0.4) is 0 Å². The molecule has 7 heteroatoms. The van der Waals surface area contributed by atoms with E-state index < -0.39 is 5.82 Å². The van der Waals surface area contributed by atoms with Crippen LogP contribution in [0.15, 0.2) is 59.1 Å². The first-order valence-electron chi connectivity index (χ1n) is 8.97. The van der Waals surface area contributed by atoms with Gasteiger partial charge in [-0.05, 0) is 60.5 Å². The summed E-state index contributed by atoms with van der Waals surface area (Å²) in [7, 11) is 0. The molecule has 0 amide bonds. The summed E-state index contributed by atoms with van der Waals surface area (Å²) in [6.07, 6.45) is 0. The van der Waals surface area contributed by atoms with Crippen molar-refractivity contribution < 1.29 is 18.3 Å². The van der Waals surface area contributed by atoms with E-state index in [9.17, 15) is 8.78 Å². The molecule has 0 heterocycles. The molecule has 0 saturated heterocycles. The molecule has 0 fully saturated rings. The molecular formula is C22H19BrClF2NO2. The number of benzene rings is 3. The van der Waals surface area contributed by atoms with Gasteiger partial charge in [0.2, 0.25) is 0 Å². The molecule has 0 saturated carbocycles. The lowest BCUT2D eigenvalue weighted by atomic mass is 10.2. The Hall–Kier alpha value is -2.31. The van der Waals surface area contributed by atoms with Crippen LogP contribution in [-0.4, -0.2) is 6.61 Å². The fourth-order valence-electron chi connectivity index (χ4n) is 2.64. The smallest absolute Gasteiger partial charge is 0.162 e. The number of nitrogens with one attached hydrogen (secondary N) is 1. The van der Waals surface area contributed by atoms with Crippen molar-refractivity contribution >= 4 is 33.2 Å². The third-order valence-corrected chi connectivity index (χ3v) is 5.15. The second-order valence-electron chi connectivity index (χ2n) is 6.22. The van der Waals surface area contributed by atoms with Crippen LogP contribution in [0.4, 0.5) is 14.5 Å². The van der Waals surface area contributed by atoms with Gasteiger partial charge in [0.1, 0.15) is 18.2 Å². The van der Waals surface area contributed by atoms with Crippen LogP contribution < -0.4 is 14.8 Å². The number of anilines is 1. The van der Waals surface area contributed by atoms with Crippen LogP contribution in [0, 0.1) is 11.6 Å². The Balaban J connectivity index is 1.74. The van der Waals surface area contributed by atoms with Crippen molar-refractivity contribution in [3.05, 3.63) is 86.9 Å². The van der Waals surface area contributed by atoms with Gasteiger partial charge in [-0.2, -0.15) is 0 Å². The quantitative estimate of drug-likeness (QED) is 0.376. The molecule has 152 valence electrons. The van der Waals surface area contributed by atoms with E-state index in [0.29, 0.717) is 36.9 Å². The summed E-state index contributed by atoms with van der Waals surface area (Å²) in [4.78, 5) is 0. The van der Waals surface area contributed by atoms with Crippen molar-refractivity contribution in [3.8, 4) is 11.5 Å². The minimum atomic E-state index is -0.459. The predicted molar refractivity (Wildman–Crippen MR) is 115 cm³/mol. The molecule has 0 aliphatic rings. The summed E-state index contributed by atoms with van der Waals surface area (Å²) in [6.45, 7) is 3.14. The molecule has 0 unspecified atom stereocenters. The molecule has 3 rings (SSSR count). The molecule has 0 atom stereocenters. The van der Waals surface area contributed by atoms with Gasteiger partial charge in [-0.1, -0.05) is 39.7 Å². The van der Waals surface area contributed by atoms with E-state index in [4.69, 9.17) is 21.1 Å². The lowest BCUT2D eigenvalue weighted by Crippen LogP contribution is -2.04. The highest BCUT2D eigenvalue weighted by Gasteiger charge is 2.12. The lowest BCUT2D eigenvalue weighted by molar-refractivity contribution is 0.269. The molecule has 0 aromatic heterocycles. The Bertz CT molecular complexity index is 983. The van der Waals surface area contributed by atoms with Crippen molar-refractivity contribution in [1.29, 1.82) is 0 Å². The SMILES string of the molecule is CCOc1cc(CNc2ccc(F)c(Cl)c2)c(Br)cc1OCc1ccc(F)cc1. The highest BCUT2D eigenvalue weighted by Crippen LogP contribution is 2.35. The van der Waals surface area contributed by atoms with Crippen molar-refractivity contribution in [2.45, 2.75) is 20.1 Å². The van der Waals surface area contributed by atoms with E-state index in [-0.39, 0.29) is 10.8 Å². The van der Waals surface area contributed by atoms with Gasteiger partial charge in [0.05, 0.1) is 11.6 Å². The summed E-state index contributed by atoms with van der Waals surface area (Å²) in [5.74, 6) is 0.439. The van der Waals surface area contributed by atoms with Crippen molar-refractivity contribution in [1.82, 2.24) is 0 Å². The highest BCUT2D eigenvalue weighted by atomic mass is 79.9. The maximum Gasteiger partial charge on any atom is 0.162 e. The zero-order chi connectivity index (χ0) is 20.8. The predicted octanol–water partition coefficient (Wildman–Crippen LogP) is 6.97. The molecule has 0 aliphatic carbocycles. The lowest BCUT2D eigenvalue weighted by Gasteiger charge is -2.16. The van der Waals surface area contributed by atoms with Gasteiger partial charge in [-0.3, -0.25) is 0 Å². The number of halogens is 4. The van der Waals surface area contributed by atoms with Crippen molar-refractivity contribution in [2.24, 2.45) is 0 Å². The topological polar surface area (TPSA) is 30.5 Å². The van der Waals surface area contributed by atoms with E-state index >= 15 is 0 Å². The van der Waals surface area contributed by atoms with Gasteiger partial charge in [0.15, 0.2) is 11.5 Å². The first-order valence-corrected chi connectivity index (χ1v) is 10.1. The Labute approximate surface area is 181 Å². The van der Waals surface area contributed by atoms with Crippen LogP contribution in [0.25, 0.3) is 0 Å². The average molecular weight is 483 g/mol. The number of hydrogen-bond acceptors (Lipinski definition) is 3. The third kappa shape index (κ3) is 5.84. The standard InChI is InChI=1S/C22H19BrClF2NO2/c1-2-28-21-9-15(12-27-17-7-8-20(26)19(24)10-17)18(23)11-22(21)29-13-14-3-5-16(25)6-4-14/h3-11,27H,2,12-13H2,1H3. The highest BCUT2D eigenvalue weighted by molar-refractivity contribution is 9.10. The number of rotatable bonds is 8. The molecule has 3 aromatic carbocycles. The largest absolute Gasteiger partial charge is 0.490 e. The van der Waals surface area contributed by atoms with E-state index in [0.717, 1.165) is 15.6 Å². The van der Waals surface area contributed by atoms with Gasteiger partial charge in [0.25, 0.3) is 0 Å². The van der Waals surface area contributed by atoms with Crippen molar-refractivity contribution in [3.63, 3.8) is 0 Å². The van der Waals surface area contributed by atoms with Gasteiger partial charge >= 0.3 is 0 Å². The van der Waals surface area contributed by atoms with E-state index in [1.54, 1.807) is 18.2 Å². The molecule has 0 bridgehead atoms. The monoisotopic (exact) mass is 481 g/mol. The number of hydrogen-bond donors (Lipinski definition) is 1. The van der Waals surface area contributed by atoms with Crippen molar-refractivity contribution in [2.75, 3.05) is 11.9 Å². The van der Waals surface area contributed by atoms with E-state index in [1.165, 1.54) is 24.3 Å². The summed E-state index contributed by atoms with van der Waals surface area (Å²) in [5, 5.41) is 3.27. The maximum atomic E-state index is 13.3. The minimum Gasteiger partial charge on any atom is -0.490 e. The van der Waals surface area contributed by atoms with Crippen LogP contribution in [0.2, 0.25) is 5.02 Å². The summed E-state index contributed by atoms with van der Waals surface area (Å²) >= 11 is 9.38. The summed E-state index contributed by atoms with van der Waals surface area (Å²) in [5.41, 5.74) is 2.49. The third-order valence-electron chi connectivity index (χ3n) is 4.12. The second-order valence-corrected chi connectivity index (χ2v) is 7.48. The van der Waals surface area contributed by atoms with Gasteiger partial charge < -0.3 is 14.8 Å². The molecule has 1 N–H and O–H groups in total. The van der Waals surface area contributed by atoms with Crippen LogP contribution >= 0.6 is 27.5 Å². The summed E-state index contributed by atoms with van der Waals surface area (Å²) in [6, 6.07) is 14.3. The van der Waals surface area contributed by atoms with Gasteiger partial charge in [0, 0.05) is 16.7 Å². The maximum absolute atomic E-state index is 13.3. The fraction of sp³-hybridized carbons (Fsp3) is 0.182. The van der Waals surface area contributed by atoms with Crippen LogP contribution in [0.1, 0.15) is 18.1 Å². The molecule has 3 aromatic rings. The molecule has 29 heavy (non-hydrogen) atoms. The normalized spacial score (nSPS) is 10.7. The Kier molecular flexibility index (Phi) is 7.34.